The number of carboxylic acid groups (broad SMARTS) is 1. The molecule has 1 N–H and O–H groups in total. The molecule has 0 amide bonds. The highest BCUT2D eigenvalue weighted by atomic mass is 16.5. The van der Waals surface area contributed by atoms with E-state index < -0.39 is 5.97 Å². The standard InChI is InChI=1S/C13H10O2/c14-13(15)12-8-4-7-11(9-12)10-5-2-1-3-6-10/h1-9H,(H,14,15)/i13+1. The van der Waals surface area contributed by atoms with Gasteiger partial charge in [-0.3, -0.25) is 0 Å². The van der Waals surface area contributed by atoms with Crippen molar-refractivity contribution >= 4 is 5.97 Å². The summed E-state index contributed by atoms with van der Waals surface area (Å²) < 4.78 is 0. The van der Waals surface area contributed by atoms with Crippen LogP contribution in [0.1, 0.15) is 10.4 Å². The second-order valence-electron chi connectivity index (χ2n) is 3.25. The van der Waals surface area contributed by atoms with Gasteiger partial charge in [0.25, 0.3) is 0 Å². The predicted molar refractivity (Wildman–Crippen MR) is 58.8 cm³/mol. The third kappa shape index (κ3) is 2.05. The van der Waals surface area contributed by atoms with Gasteiger partial charge in [0.05, 0.1) is 5.56 Å². The first-order valence-electron chi connectivity index (χ1n) is 4.66. The van der Waals surface area contributed by atoms with Crippen molar-refractivity contribution in [2.24, 2.45) is 0 Å². The van der Waals surface area contributed by atoms with Crippen molar-refractivity contribution in [3.63, 3.8) is 0 Å². The van der Waals surface area contributed by atoms with E-state index >= 15 is 0 Å². The van der Waals surface area contributed by atoms with Gasteiger partial charge < -0.3 is 5.11 Å². The van der Waals surface area contributed by atoms with E-state index in [-0.39, 0.29) is 0 Å². The second-order valence-corrected chi connectivity index (χ2v) is 3.25. The van der Waals surface area contributed by atoms with Crippen molar-refractivity contribution in [2.75, 3.05) is 0 Å². The summed E-state index contributed by atoms with van der Waals surface area (Å²) in [6.07, 6.45) is 0. The number of rotatable bonds is 2. The minimum atomic E-state index is -0.896. The fraction of sp³-hybridized carbons (Fsp3) is 0. The number of carbonyl (C=O) groups is 1. The van der Waals surface area contributed by atoms with E-state index in [0.717, 1.165) is 11.1 Å². The summed E-state index contributed by atoms with van der Waals surface area (Å²) in [6.45, 7) is 0. The van der Waals surface area contributed by atoms with Gasteiger partial charge in [-0.2, -0.15) is 0 Å². The molecule has 0 heterocycles. The van der Waals surface area contributed by atoms with Crippen LogP contribution in [-0.4, -0.2) is 11.1 Å². The first kappa shape index (κ1) is 9.46. The minimum Gasteiger partial charge on any atom is -0.478 e. The van der Waals surface area contributed by atoms with Gasteiger partial charge in [-0.1, -0.05) is 42.5 Å². The van der Waals surface area contributed by atoms with Gasteiger partial charge in [0, 0.05) is 0 Å². The molecule has 0 fully saturated rings. The third-order valence-electron chi connectivity index (χ3n) is 2.22. The Morgan fingerprint density at radius 1 is 0.867 bits per heavy atom. The molecule has 0 saturated heterocycles. The molecule has 0 radical (unpaired) electrons. The molecule has 0 aliphatic rings. The summed E-state index contributed by atoms with van der Waals surface area (Å²) in [7, 11) is 0. The lowest BCUT2D eigenvalue weighted by Gasteiger charge is -2.02. The van der Waals surface area contributed by atoms with Crippen molar-refractivity contribution in [1.29, 1.82) is 0 Å². The lowest BCUT2D eigenvalue weighted by atomic mass is 10.1. The molecule has 74 valence electrons. The van der Waals surface area contributed by atoms with Crippen LogP contribution < -0.4 is 0 Å². The highest BCUT2D eigenvalue weighted by Gasteiger charge is 2.03. The molecule has 0 spiro atoms. The molecule has 0 saturated carbocycles. The minimum absolute atomic E-state index is 0.316. The van der Waals surface area contributed by atoms with Crippen molar-refractivity contribution in [3.05, 3.63) is 60.2 Å². The Bertz CT molecular complexity index is 475. The number of carboxylic acids is 1. The quantitative estimate of drug-likeness (QED) is 0.755. The predicted octanol–water partition coefficient (Wildman–Crippen LogP) is 3.05. The molecule has 0 aliphatic carbocycles. The van der Waals surface area contributed by atoms with Gasteiger partial charge >= 0.3 is 5.97 Å². The Hall–Kier alpha value is -2.09. The number of hydrogen-bond donors (Lipinski definition) is 1. The van der Waals surface area contributed by atoms with E-state index in [1.165, 1.54) is 0 Å². The van der Waals surface area contributed by atoms with Gasteiger partial charge in [0.15, 0.2) is 0 Å². The van der Waals surface area contributed by atoms with Crippen LogP contribution in [-0.2, 0) is 0 Å². The number of benzene rings is 2. The topological polar surface area (TPSA) is 37.3 Å². The van der Waals surface area contributed by atoms with E-state index in [1.807, 2.05) is 36.4 Å². The van der Waals surface area contributed by atoms with Crippen LogP contribution in [0.4, 0.5) is 0 Å². The molecule has 2 heteroatoms. The normalized spacial score (nSPS) is 9.87. The Labute approximate surface area is 87.8 Å². The maximum absolute atomic E-state index is 10.8. The van der Waals surface area contributed by atoms with Crippen molar-refractivity contribution < 1.29 is 9.90 Å². The zero-order chi connectivity index (χ0) is 10.7. The van der Waals surface area contributed by atoms with Crippen molar-refractivity contribution in [2.45, 2.75) is 0 Å². The average molecular weight is 199 g/mol. The van der Waals surface area contributed by atoms with Crippen LogP contribution in [0.15, 0.2) is 54.6 Å². The van der Waals surface area contributed by atoms with Crippen LogP contribution in [0.25, 0.3) is 11.1 Å². The van der Waals surface area contributed by atoms with Crippen LogP contribution in [0.5, 0.6) is 0 Å². The van der Waals surface area contributed by atoms with Gasteiger partial charge in [-0.25, -0.2) is 4.79 Å². The molecule has 0 aromatic heterocycles. The Morgan fingerprint density at radius 3 is 2.20 bits per heavy atom. The molecule has 2 nitrogen and oxygen atoms in total. The molecule has 2 aromatic rings. The Balaban J connectivity index is 2.46. The summed E-state index contributed by atoms with van der Waals surface area (Å²) >= 11 is 0. The van der Waals surface area contributed by atoms with E-state index in [1.54, 1.807) is 18.2 Å². The van der Waals surface area contributed by atoms with E-state index in [9.17, 15) is 4.79 Å². The molecule has 0 unspecified atom stereocenters. The molecular weight excluding hydrogens is 189 g/mol. The zero-order valence-electron chi connectivity index (χ0n) is 8.05. The van der Waals surface area contributed by atoms with Crippen molar-refractivity contribution in [1.82, 2.24) is 0 Å². The second kappa shape index (κ2) is 3.96. The molecule has 15 heavy (non-hydrogen) atoms. The zero-order valence-corrected chi connectivity index (χ0v) is 8.05. The fourth-order valence-electron chi connectivity index (χ4n) is 1.46. The van der Waals surface area contributed by atoms with Gasteiger partial charge in [0.1, 0.15) is 0 Å². The van der Waals surface area contributed by atoms with E-state index in [0.29, 0.717) is 5.56 Å². The van der Waals surface area contributed by atoms with Gasteiger partial charge in [0.2, 0.25) is 0 Å². The highest BCUT2D eigenvalue weighted by Crippen LogP contribution is 2.19. The van der Waals surface area contributed by atoms with Crippen LogP contribution in [0.2, 0.25) is 0 Å². The van der Waals surface area contributed by atoms with Crippen molar-refractivity contribution in [3.8, 4) is 11.1 Å². The summed E-state index contributed by atoms with van der Waals surface area (Å²) in [5, 5.41) is 8.86. The third-order valence-corrected chi connectivity index (χ3v) is 2.22. The Morgan fingerprint density at radius 2 is 1.53 bits per heavy atom. The van der Waals surface area contributed by atoms with Crippen LogP contribution in [0.3, 0.4) is 0 Å². The van der Waals surface area contributed by atoms with Crippen LogP contribution >= 0.6 is 0 Å². The van der Waals surface area contributed by atoms with E-state index in [4.69, 9.17) is 5.11 Å². The lowest BCUT2D eigenvalue weighted by Crippen LogP contribution is -1.95. The number of hydrogen-bond acceptors (Lipinski definition) is 1. The SMILES string of the molecule is O=[13C](O)c1cccc(-c2ccccc2)c1. The van der Waals surface area contributed by atoms with Crippen LogP contribution in [0, 0.1) is 0 Å². The monoisotopic (exact) mass is 199 g/mol. The maximum atomic E-state index is 10.8. The molecule has 0 atom stereocenters. The number of aromatic carboxylic acids is 1. The molecule has 0 aliphatic heterocycles. The van der Waals surface area contributed by atoms with E-state index in [2.05, 4.69) is 0 Å². The molecular formula is C13H10O2. The molecule has 0 bridgehead atoms. The maximum Gasteiger partial charge on any atom is 0.335 e. The summed E-state index contributed by atoms with van der Waals surface area (Å²) in [5.41, 5.74) is 2.27. The highest BCUT2D eigenvalue weighted by molar-refractivity contribution is 5.89. The first-order chi connectivity index (χ1) is 7.27. The first-order valence-corrected chi connectivity index (χ1v) is 4.66. The molecule has 2 aromatic carbocycles. The molecule has 2 rings (SSSR count). The van der Waals surface area contributed by atoms with Gasteiger partial charge in [-0.15, -0.1) is 0 Å². The summed E-state index contributed by atoms with van der Waals surface area (Å²) in [6, 6.07) is 16.7. The smallest absolute Gasteiger partial charge is 0.335 e. The van der Waals surface area contributed by atoms with Gasteiger partial charge in [-0.05, 0) is 23.3 Å². The summed E-state index contributed by atoms with van der Waals surface area (Å²) in [5.74, 6) is -0.896. The average Bonchev–Trinajstić information content (AvgIpc) is 2.30. The fourth-order valence-corrected chi connectivity index (χ4v) is 1.46. The Kier molecular flexibility index (Phi) is 2.50. The summed E-state index contributed by atoms with van der Waals surface area (Å²) in [4.78, 5) is 10.8. The lowest BCUT2D eigenvalue weighted by molar-refractivity contribution is 0.0697. The largest absolute Gasteiger partial charge is 0.478 e.